The molecule has 4 nitrogen and oxygen atoms in total. The van der Waals surface area contributed by atoms with E-state index in [9.17, 15) is 4.79 Å². The predicted molar refractivity (Wildman–Crippen MR) is 84.6 cm³/mol. The largest absolute Gasteiger partial charge is 0.340 e. The number of nitrogens with two attached hydrogens (primary N) is 1. The highest BCUT2D eigenvalue weighted by molar-refractivity contribution is 5.76. The molecule has 0 aromatic carbocycles. The van der Waals surface area contributed by atoms with Crippen LogP contribution in [0.5, 0.6) is 0 Å². The Bertz CT molecular complexity index is 262. The molecule has 1 unspecified atom stereocenters. The zero-order valence-electron chi connectivity index (χ0n) is 13.4. The molecule has 0 aromatic heterocycles. The van der Waals surface area contributed by atoms with Crippen molar-refractivity contribution >= 4 is 5.91 Å². The molecule has 0 saturated carbocycles. The fourth-order valence-corrected chi connectivity index (χ4v) is 2.73. The highest BCUT2D eigenvalue weighted by Crippen LogP contribution is 2.10. The summed E-state index contributed by atoms with van der Waals surface area (Å²) in [6.07, 6.45) is 6.83. The van der Waals surface area contributed by atoms with Crippen molar-refractivity contribution in [1.82, 2.24) is 9.80 Å². The van der Waals surface area contributed by atoms with Gasteiger partial charge in [0.1, 0.15) is 0 Å². The fourth-order valence-electron chi connectivity index (χ4n) is 2.73. The molecule has 0 spiro atoms. The summed E-state index contributed by atoms with van der Waals surface area (Å²) >= 11 is 0. The SMILES string of the molecule is CCCCCCCC(=O)N1CCN(CC(C)CN)CC1. The van der Waals surface area contributed by atoms with Gasteiger partial charge in [-0.05, 0) is 18.9 Å². The zero-order chi connectivity index (χ0) is 14.8. The molecule has 0 aromatic rings. The average Bonchev–Trinajstić information content (AvgIpc) is 2.47. The van der Waals surface area contributed by atoms with Gasteiger partial charge in [-0.15, -0.1) is 0 Å². The van der Waals surface area contributed by atoms with Crippen LogP contribution in [0.3, 0.4) is 0 Å². The fraction of sp³-hybridized carbons (Fsp3) is 0.938. The van der Waals surface area contributed by atoms with E-state index in [0.717, 1.165) is 52.1 Å². The molecule has 1 heterocycles. The van der Waals surface area contributed by atoms with Gasteiger partial charge < -0.3 is 10.6 Å². The Kier molecular flexibility index (Phi) is 8.86. The minimum Gasteiger partial charge on any atom is -0.340 e. The van der Waals surface area contributed by atoms with E-state index in [1.807, 2.05) is 4.90 Å². The van der Waals surface area contributed by atoms with E-state index in [-0.39, 0.29) is 0 Å². The van der Waals surface area contributed by atoms with Gasteiger partial charge in [-0.3, -0.25) is 9.69 Å². The summed E-state index contributed by atoms with van der Waals surface area (Å²) in [7, 11) is 0. The Labute approximate surface area is 124 Å². The Balaban J connectivity index is 2.12. The van der Waals surface area contributed by atoms with Crippen molar-refractivity contribution in [2.24, 2.45) is 11.7 Å². The number of unbranched alkanes of at least 4 members (excludes halogenated alkanes) is 4. The molecule has 20 heavy (non-hydrogen) atoms. The molecule has 1 aliphatic heterocycles. The highest BCUT2D eigenvalue weighted by atomic mass is 16.2. The van der Waals surface area contributed by atoms with E-state index < -0.39 is 0 Å². The molecular weight excluding hydrogens is 250 g/mol. The van der Waals surface area contributed by atoms with Crippen LogP contribution in [0.25, 0.3) is 0 Å². The first-order valence-electron chi connectivity index (χ1n) is 8.37. The highest BCUT2D eigenvalue weighted by Gasteiger charge is 2.21. The summed E-state index contributed by atoms with van der Waals surface area (Å²) in [6, 6.07) is 0. The summed E-state index contributed by atoms with van der Waals surface area (Å²) < 4.78 is 0. The molecule has 2 N–H and O–H groups in total. The standard InChI is InChI=1S/C16H33N3O/c1-3-4-5-6-7-8-16(20)19-11-9-18(10-12-19)14-15(2)13-17/h15H,3-14,17H2,1-2H3. The third-order valence-corrected chi connectivity index (χ3v) is 4.19. The van der Waals surface area contributed by atoms with Gasteiger partial charge in [0.15, 0.2) is 0 Å². The molecule has 4 heteroatoms. The second-order valence-corrected chi connectivity index (χ2v) is 6.19. The Hall–Kier alpha value is -0.610. The summed E-state index contributed by atoms with van der Waals surface area (Å²) in [4.78, 5) is 16.6. The maximum absolute atomic E-state index is 12.1. The lowest BCUT2D eigenvalue weighted by molar-refractivity contribution is -0.133. The van der Waals surface area contributed by atoms with Crippen molar-refractivity contribution < 1.29 is 4.79 Å². The van der Waals surface area contributed by atoms with Crippen molar-refractivity contribution in [3.05, 3.63) is 0 Å². The van der Waals surface area contributed by atoms with Gasteiger partial charge in [-0.2, -0.15) is 0 Å². The van der Waals surface area contributed by atoms with Crippen LogP contribution in [0, 0.1) is 5.92 Å². The lowest BCUT2D eigenvalue weighted by atomic mass is 10.1. The number of amides is 1. The van der Waals surface area contributed by atoms with Gasteiger partial charge in [-0.25, -0.2) is 0 Å². The first-order chi connectivity index (χ1) is 9.67. The minimum absolute atomic E-state index is 0.355. The number of carbonyl (C=O) groups excluding carboxylic acids is 1. The van der Waals surface area contributed by atoms with Gasteiger partial charge >= 0.3 is 0 Å². The predicted octanol–water partition coefficient (Wildman–Crippen LogP) is 2.09. The van der Waals surface area contributed by atoms with Crippen LogP contribution in [-0.2, 0) is 4.79 Å². The number of rotatable bonds is 9. The smallest absolute Gasteiger partial charge is 0.222 e. The topological polar surface area (TPSA) is 49.6 Å². The molecular formula is C16H33N3O. The van der Waals surface area contributed by atoms with E-state index >= 15 is 0 Å². The van der Waals surface area contributed by atoms with Crippen molar-refractivity contribution in [1.29, 1.82) is 0 Å². The summed E-state index contributed by atoms with van der Waals surface area (Å²) in [5, 5.41) is 0. The second-order valence-electron chi connectivity index (χ2n) is 6.19. The van der Waals surface area contributed by atoms with Crippen molar-refractivity contribution in [2.75, 3.05) is 39.3 Å². The maximum atomic E-state index is 12.1. The molecule has 0 aliphatic carbocycles. The van der Waals surface area contributed by atoms with E-state index in [1.54, 1.807) is 0 Å². The molecule has 1 saturated heterocycles. The van der Waals surface area contributed by atoms with E-state index in [0.29, 0.717) is 11.8 Å². The molecule has 0 bridgehead atoms. The Morgan fingerprint density at radius 2 is 1.75 bits per heavy atom. The van der Waals surface area contributed by atoms with Crippen LogP contribution in [0.2, 0.25) is 0 Å². The molecule has 0 radical (unpaired) electrons. The van der Waals surface area contributed by atoms with Crippen LogP contribution in [0.4, 0.5) is 0 Å². The lowest BCUT2D eigenvalue weighted by Gasteiger charge is -2.35. The normalized spacial score (nSPS) is 18.2. The zero-order valence-corrected chi connectivity index (χ0v) is 13.4. The summed E-state index contributed by atoms with van der Waals surface area (Å²) in [5.41, 5.74) is 5.66. The molecule has 1 amide bonds. The van der Waals surface area contributed by atoms with Gasteiger partial charge in [0, 0.05) is 39.1 Å². The van der Waals surface area contributed by atoms with Crippen LogP contribution >= 0.6 is 0 Å². The number of hydrogen-bond donors (Lipinski definition) is 1. The quantitative estimate of drug-likeness (QED) is 0.659. The number of piperazine rings is 1. The monoisotopic (exact) mass is 283 g/mol. The molecule has 1 rings (SSSR count). The molecule has 1 aliphatic rings. The third kappa shape index (κ3) is 6.71. The van der Waals surface area contributed by atoms with Gasteiger partial charge in [0.25, 0.3) is 0 Å². The van der Waals surface area contributed by atoms with Crippen molar-refractivity contribution in [3.8, 4) is 0 Å². The summed E-state index contributed by atoms with van der Waals surface area (Å²) in [6.45, 7) is 10.0. The van der Waals surface area contributed by atoms with Crippen LogP contribution < -0.4 is 5.73 Å². The van der Waals surface area contributed by atoms with Gasteiger partial charge in [0.05, 0.1) is 0 Å². The minimum atomic E-state index is 0.355. The number of hydrogen-bond acceptors (Lipinski definition) is 3. The number of carbonyl (C=O) groups is 1. The van der Waals surface area contributed by atoms with Gasteiger partial charge in [-0.1, -0.05) is 39.5 Å². The van der Waals surface area contributed by atoms with E-state index in [4.69, 9.17) is 5.73 Å². The maximum Gasteiger partial charge on any atom is 0.222 e. The Morgan fingerprint density at radius 3 is 2.35 bits per heavy atom. The average molecular weight is 283 g/mol. The van der Waals surface area contributed by atoms with Crippen LogP contribution in [0.1, 0.15) is 52.4 Å². The summed E-state index contributed by atoms with van der Waals surface area (Å²) in [5.74, 6) is 0.906. The second kappa shape index (κ2) is 10.2. The Morgan fingerprint density at radius 1 is 1.10 bits per heavy atom. The first-order valence-corrected chi connectivity index (χ1v) is 8.37. The van der Waals surface area contributed by atoms with Crippen molar-refractivity contribution in [2.45, 2.75) is 52.4 Å². The molecule has 1 atom stereocenters. The van der Waals surface area contributed by atoms with Crippen LogP contribution in [0.15, 0.2) is 0 Å². The lowest BCUT2D eigenvalue weighted by Crippen LogP contribution is -2.50. The van der Waals surface area contributed by atoms with Gasteiger partial charge in [0.2, 0.25) is 5.91 Å². The number of nitrogens with zero attached hydrogens (tertiary/aromatic N) is 2. The first kappa shape index (κ1) is 17.4. The molecule has 1 fully saturated rings. The molecule has 118 valence electrons. The van der Waals surface area contributed by atoms with E-state index in [2.05, 4.69) is 18.7 Å². The van der Waals surface area contributed by atoms with Crippen molar-refractivity contribution in [3.63, 3.8) is 0 Å². The van der Waals surface area contributed by atoms with E-state index in [1.165, 1.54) is 25.7 Å². The van der Waals surface area contributed by atoms with Crippen LogP contribution in [-0.4, -0.2) is 55.0 Å². The third-order valence-electron chi connectivity index (χ3n) is 4.19.